The Bertz CT molecular complexity index is 419. The quantitative estimate of drug-likeness (QED) is 0.836. The molecule has 20 heavy (non-hydrogen) atoms. The van der Waals surface area contributed by atoms with Crippen molar-refractivity contribution in [1.29, 1.82) is 0 Å². The van der Waals surface area contributed by atoms with Crippen molar-refractivity contribution in [1.82, 2.24) is 0 Å². The van der Waals surface area contributed by atoms with Crippen LogP contribution in [-0.4, -0.2) is 15.9 Å². The predicted octanol–water partition coefficient (Wildman–Crippen LogP) is 3.54. The fraction of sp³-hybridized carbons (Fsp3) is 0.625. The van der Waals surface area contributed by atoms with E-state index in [4.69, 9.17) is 4.52 Å². The molecule has 0 radical (unpaired) electrons. The van der Waals surface area contributed by atoms with Gasteiger partial charge in [0, 0.05) is 0 Å². The molecule has 3 atom stereocenters. The lowest BCUT2D eigenvalue weighted by Crippen LogP contribution is -2.35. The van der Waals surface area contributed by atoms with Gasteiger partial charge in [0.15, 0.2) is 5.30 Å². The molecule has 2 rings (SSSR count). The first-order chi connectivity index (χ1) is 9.40. The molecule has 1 aromatic carbocycles. The summed E-state index contributed by atoms with van der Waals surface area (Å²) in [6, 6.07) is 8.94. The molecule has 0 aliphatic heterocycles. The molecule has 1 saturated carbocycles. The Morgan fingerprint density at radius 3 is 2.40 bits per heavy atom. The van der Waals surface area contributed by atoms with E-state index in [0.717, 1.165) is 12.8 Å². The molecule has 4 heteroatoms. The highest BCUT2D eigenvalue weighted by Gasteiger charge is 2.46. The van der Waals surface area contributed by atoms with Gasteiger partial charge in [0.2, 0.25) is 0 Å². The van der Waals surface area contributed by atoms with Gasteiger partial charge in [-0.05, 0) is 42.7 Å². The maximum absolute atomic E-state index is 10.4. The van der Waals surface area contributed by atoms with E-state index in [1.807, 2.05) is 18.2 Å². The highest BCUT2D eigenvalue weighted by Crippen LogP contribution is 2.54. The van der Waals surface area contributed by atoms with Crippen molar-refractivity contribution < 1.29 is 14.3 Å². The van der Waals surface area contributed by atoms with Crippen LogP contribution in [0.3, 0.4) is 0 Å². The first-order valence-electron chi connectivity index (χ1n) is 7.48. The van der Waals surface area contributed by atoms with E-state index >= 15 is 0 Å². The van der Waals surface area contributed by atoms with Gasteiger partial charge in [-0.2, -0.15) is 14.3 Å². The fourth-order valence-electron chi connectivity index (χ4n) is 3.11. The van der Waals surface area contributed by atoms with Crippen LogP contribution in [0.5, 0.6) is 0 Å². The third-order valence-electron chi connectivity index (χ3n) is 4.34. The summed E-state index contributed by atoms with van der Waals surface area (Å²) in [6.45, 7) is 6.59. The van der Waals surface area contributed by atoms with Gasteiger partial charge >= 0.3 is 7.94 Å². The zero-order valence-corrected chi connectivity index (χ0v) is 13.5. The Morgan fingerprint density at radius 1 is 1.15 bits per heavy atom. The minimum Gasteiger partial charge on any atom is -0.188 e. The monoisotopic (exact) mass is 297 g/mol. The normalized spacial score (nSPS) is 27.8. The largest absolute Gasteiger partial charge is 0.443 e. The number of hydrogen-bond acceptors (Lipinski definition) is 3. The van der Waals surface area contributed by atoms with Crippen molar-refractivity contribution in [3.8, 4) is 0 Å². The van der Waals surface area contributed by atoms with Gasteiger partial charge in [0.25, 0.3) is 0 Å². The molecule has 0 aromatic heterocycles. The Balaban J connectivity index is 2.13. The fourth-order valence-corrected chi connectivity index (χ4v) is 4.41. The summed E-state index contributed by atoms with van der Waals surface area (Å²) in [4.78, 5) is 20.7. The molecule has 0 saturated heterocycles. The van der Waals surface area contributed by atoms with Gasteiger partial charge in [0.05, 0.1) is 0 Å². The second-order valence-corrected chi connectivity index (χ2v) is 8.16. The van der Waals surface area contributed by atoms with E-state index in [2.05, 4.69) is 20.8 Å². The van der Waals surface area contributed by atoms with Gasteiger partial charge in [-0.25, -0.2) is 0 Å². The van der Waals surface area contributed by atoms with Crippen LogP contribution < -0.4 is 5.30 Å². The zero-order chi connectivity index (χ0) is 14.8. The van der Waals surface area contributed by atoms with Crippen LogP contribution in [0, 0.1) is 17.8 Å². The van der Waals surface area contributed by atoms with Gasteiger partial charge < -0.3 is 0 Å². The highest BCUT2D eigenvalue weighted by atomic mass is 31.2. The standard InChI is InChI=1S/C16H26O3P/c1-12(2)15-10-9-13(3)11-16(15)19-20(17,18)14-7-5-4-6-8-14/h4-8,12-13,15-18H,9-11H2,1-3H3/q+1. The molecule has 3 nitrogen and oxygen atoms in total. The molecule has 1 aliphatic rings. The highest BCUT2D eigenvalue weighted by molar-refractivity contribution is 7.67. The maximum Gasteiger partial charge on any atom is 0.443 e. The second-order valence-electron chi connectivity index (χ2n) is 6.35. The van der Waals surface area contributed by atoms with Crippen molar-refractivity contribution in [3.05, 3.63) is 30.3 Å². The van der Waals surface area contributed by atoms with E-state index in [9.17, 15) is 9.79 Å². The van der Waals surface area contributed by atoms with Crippen LogP contribution >= 0.6 is 7.94 Å². The summed E-state index contributed by atoms with van der Waals surface area (Å²) in [5.41, 5.74) is 0. The summed E-state index contributed by atoms with van der Waals surface area (Å²) in [7, 11) is -3.47. The minimum atomic E-state index is -3.47. The minimum absolute atomic E-state index is 0.0534. The molecular weight excluding hydrogens is 271 g/mol. The van der Waals surface area contributed by atoms with Gasteiger partial charge in [-0.1, -0.05) is 45.4 Å². The molecule has 0 bridgehead atoms. The Labute approximate surface area is 122 Å². The topological polar surface area (TPSA) is 49.7 Å². The van der Waals surface area contributed by atoms with Crippen molar-refractivity contribution >= 4 is 13.2 Å². The van der Waals surface area contributed by atoms with Crippen LogP contribution in [0.4, 0.5) is 0 Å². The van der Waals surface area contributed by atoms with Crippen molar-refractivity contribution in [2.24, 2.45) is 17.8 Å². The van der Waals surface area contributed by atoms with E-state index in [1.165, 1.54) is 6.42 Å². The molecular formula is C16H26O3P+. The second kappa shape index (κ2) is 6.53. The van der Waals surface area contributed by atoms with Crippen LogP contribution in [0.15, 0.2) is 30.3 Å². The van der Waals surface area contributed by atoms with Crippen molar-refractivity contribution in [3.63, 3.8) is 0 Å². The summed E-state index contributed by atoms with van der Waals surface area (Å²) in [6.07, 6.45) is 3.18. The Hall–Kier alpha value is -0.470. The van der Waals surface area contributed by atoms with Crippen molar-refractivity contribution in [2.45, 2.75) is 46.1 Å². The SMILES string of the molecule is CC1CCC(C(C)C)C(O[P+](O)(O)c2ccccc2)C1. The van der Waals surface area contributed by atoms with Gasteiger partial charge in [-0.15, -0.1) is 0 Å². The average Bonchev–Trinajstić information content (AvgIpc) is 2.39. The summed E-state index contributed by atoms with van der Waals surface area (Å²) in [5.74, 6) is 1.50. The molecule has 1 fully saturated rings. The van der Waals surface area contributed by atoms with Gasteiger partial charge in [0.1, 0.15) is 6.10 Å². The van der Waals surface area contributed by atoms with Crippen LogP contribution in [0.2, 0.25) is 0 Å². The summed E-state index contributed by atoms with van der Waals surface area (Å²) >= 11 is 0. The Morgan fingerprint density at radius 2 is 1.80 bits per heavy atom. The number of hydrogen-bond donors (Lipinski definition) is 2. The molecule has 0 spiro atoms. The molecule has 3 unspecified atom stereocenters. The lowest BCUT2D eigenvalue weighted by Gasteiger charge is -2.36. The molecule has 1 aliphatic carbocycles. The summed E-state index contributed by atoms with van der Waals surface area (Å²) in [5, 5.41) is 0.501. The van der Waals surface area contributed by atoms with Crippen LogP contribution in [0.1, 0.15) is 40.0 Å². The lowest BCUT2D eigenvalue weighted by atomic mass is 9.75. The molecule has 0 heterocycles. The molecule has 0 amide bonds. The smallest absolute Gasteiger partial charge is 0.188 e. The lowest BCUT2D eigenvalue weighted by molar-refractivity contribution is 0.0323. The van der Waals surface area contributed by atoms with E-state index in [1.54, 1.807) is 12.1 Å². The van der Waals surface area contributed by atoms with E-state index in [0.29, 0.717) is 23.1 Å². The maximum atomic E-state index is 10.4. The van der Waals surface area contributed by atoms with Crippen LogP contribution in [0.25, 0.3) is 0 Å². The number of benzene rings is 1. The number of rotatable bonds is 4. The summed E-state index contributed by atoms with van der Waals surface area (Å²) < 4.78 is 5.83. The molecule has 112 valence electrons. The third kappa shape index (κ3) is 3.79. The first kappa shape index (κ1) is 15.9. The molecule has 2 N–H and O–H groups in total. The van der Waals surface area contributed by atoms with Gasteiger partial charge in [-0.3, -0.25) is 0 Å². The third-order valence-corrected chi connectivity index (χ3v) is 5.87. The van der Waals surface area contributed by atoms with E-state index < -0.39 is 7.94 Å². The van der Waals surface area contributed by atoms with E-state index in [-0.39, 0.29) is 6.10 Å². The van der Waals surface area contributed by atoms with Crippen molar-refractivity contribution in [2.75, 3.05) is 0 Å². The van der Waals surface area contributed by atoms with Crippen LogP contribution in [-0.2, 0) is 4.52 Å². The average molecular weight is 297 g/mol. The molecule has 1 aromatic rings. The Kier molecular flexibility index (Phi) is 5.19. The predicted molar refractivity (Wildman–Crippen MR) is 83.6 cm³/mol. The zero-order valence-electron chi connectivity index (χ0n) is 12.6. The first-order valence-corrected chi connectivity index (χ1v) is 9.10.